The Hall–Kier alpha value is -1.90. The van der Waals surface area contributed by atoms with Gasteiger partial charge in [-0.25, -0.2) is 0 Å². The Morgan fingerprint density at radius 3 is 2.58 bits per heavy atom. The smallest absolute Gasteiger partial charge is 0.244 e. The fourth-order valence-corrected chi connectivity index (χ4v) is 5.82. The molecule has 5 nitrogen and oxygen atoms in total. The van der Waals surface area contributed by atoms with Crippen LogP contribution in [0.25, 0.3) is 0 Å². The van der Waals surface area contributed by atoms with Crippen molar-refractivity contribution in [3.05, 3.63) is 29.8 Å². The molecule has 0 bridgehead atoms. The molecular weight excluding hydrogens is 324 g/mol. The van der Waals surface area contributed by atoms with Crippen LogP contribution in [0.2, 0.25) is 0 Å². The molecule has 1 aromatic carbocycles. The second-order valence-corrected chi connectivity index (χ2v) is 8.39. The van der Waals surface area contributed by atoms with E-state index in [1.807, 2.05) is 17.0 Å². The monoisotopic (exact) mass is 350 g/mol. The van der Waals surface area contributed by atoms with Crippen LogP contribution in [0, 0.1) is 23.2 Å². The second kappa shape index (κ2) is 6.37. The number of amides is 1. The number of nitrogens with zero attached hydrogens (tertiary/aromatic N) is 4. The lowest BCUT2D eigenvalue weighted by atomic mass is 9.90. The number of hydrogen-bond acceptors (Lipinski definition) is 4. The molecule has 4 aliphatic heterocycles. The van der Waals surface area contributed by atoms with E-state index in [2.05, 4.69) is 15.9 Å². The SMILES string of the molecule is N#Cc1ccc(N2CC[C@H](N3C[C@@H]4CN5CCCC[C@H]5[C@H]4C3)C2=O)cc1. The quantitative estimate of drug-likeness (QED) is 0.819. The van der Waals surface area contributed by atoms with E-state index in [4.69, 9.17) is 5.26 Å². The summed E-state index contributed by atoms with van der Waals surface area (Å²) in [6.45, 7) is 5.51. The lowest BCUT2D eigenvalue weighted by Crippen LogP contribution is -2.44. The molecule has 0 spiro atoms. The maximum absolute atomic E-state index is 13.1. The number of carbonyl (C=O) groups excluding carboxylic acids is 1. The summed E-state index contributed by atoms with van der Waals surface area (Å²) < 4.78 is 0. The fraction of sp³-hybridized carbons (Fsp3) is 0.619. The molecule has 4 aliphatic rings. The third kappa shape index (κ3) is 2.55. The van der Waals surface area contributed by atoms with Gasteiger partial charge in [-0.1, -0.05) is 6.42 Å². The number of rotatable bonds is 2. The van der Waals surface area contributed by atoms with Gasteiger partial charge in [-0.3, -0.25) is 14.6 Å². The molecule has 0 aromatic heterocycles. The summed E-state index contributed by atoms with van der Waals surface area (Å²) in [5.74, 6) is 1.78. The third-order valence-electron chi connectivity index (χ3n) is 7.07. The van der Waals surface area contributed by atoms with Crippen LogP contribution in [0.5, 0.6) is 0 Å². The van der Waals surface area contributed by atoms with E-state index < -0.39 is 0 Å². The summed E-state index contributed by atoms with van der Waals surface area (Å²) >= 11 is 0. The topological polar surface area (TPSA) is 50.6 Å². The molecule has 26 heavy (non-hydrogen) atoms. The van der Waals surface area contributed by atoms with Gasteiger partial charge in [0.1, 0.15) is 0 Å². The maximum atomic E-state index is 13.1. The van der Waals surface area contributed by atoms with Gasteiger partial charge >= 0.3 is 0 Å². The number of piperidine rings is 1. The van der Waals surface area contributed by atoms with Crippen molar-refractivity contribution < 1.29 is 4.79 Å². The van der Waals surface area contributed by atoms with E-state index in [9.17, 15) is 4.79 Å². The highest BCUT2D eigenvalue weighted by Crippen LogP contribution is 2.42. The molecule has 4 atom stereocenters. The Morgan fingerprint density at radius 2 is 1.77 bits per heavy atom. The molecule has 4 saturated heterocycles. The van der Waals surface area contributed by atoms with Gasteiger partial charge < -0.3 is 4.90 Å². The number of carbonyl (C=O) groups is 1. The van der Waals surface area contributed by atoms with Crippen LogP contribution in [0.4, 0.5) is 5.69 Å². The van der Waals surface area contributed by atoms with Gasteiger partial charge in [-0.05, 0) is 61.9 Å². The lowest BCUT2D eigenvalue weighted by Gasteiger charge is -2.34. The minimum Gasteiger partial charge on any atom is -0.311 e. The lowest BCUT2D eigenvalue weighted by molar-refractivity contribution is -0.121. The molecule has 5 heteroatoms. The minimum atomic E-state index is 0.0493. The Morgan fingerprint density at radius 1 is 0.962 bits per heavy atom. The zero-order chi connectivity index (χ0) is 17.7. The number of hydrogen-bond donors (Lipinski definition) is 0. The molecule has 4 heterocycles. The highest BCUT2D eigenvalue weighted by atomic mass is 16.2. The van der Waals surface area contributed by atoms with Gasteiger partial charge in [-0.2, -0.15) is 5.26 Å². The number of nitriles is 1. The van der Waals surface area contributed by atoms with E-state index in [1.54, 1.807) is 12.1 Å². The van der Waals surface area contributed by atoms with Gasteiger partial charge in [0.05, 0.1) is 17.7 Å². The van der Waals surface area contributed by atoms with E-state index in [0.29, 0.717) is 5.56 Å². The Kier molecular flexibility index (Phi) is 3.99. The van der Waals surface area contributed by atoms with Crippen molar-refractivity contribution in [2.75, 3.05) is 37.6 Å². The second-order valence-electron chi connectivity index (χ2n) is 8.39. The van der Waals surface area contributed by atoms with Crippen molar-refractivity contribution in [3.8, 4) is 6.07 Å². The van der Waals surface area contributed by atoms with Crippen molar-refractivity contribution in [1.29, 1.82) is 5.26 Å². The zero-order valence-electron chi connectivity index (χ0n) is 15.2. The Labute approximate surface area is 155 Å². The highest BCUT2D eigenvalue weighted by molar-refractivity contribution is 5.99. The van der Waals surface area contributed by atoms with Crippen LogP contribution in [0.3, 0.4) is 0 Å². The van der Waals surface area contributed by atoms with Crippen molar-refractivity contribution in [2.45, 2.75) is 37.8 Å². The summed E-state index contributed by atoms with van der Waals surface area (Å²) in [5.41, 5.74) is 1.57. The van der Waals surface area contributed by atoms with Crippen LogP contribution in [0.15, 0.2) is 24.3 Å². The molecule has 0 N–H and O–H groups in total. The van der Waals surface area contributed by atoms with Gasteiger partial charge in [0.15, 0.2) is 0 Å². The van der Waals surface area contributed by atoms with Crippen molar-refractivity contribution in [2.24, 2.45) is 11.8 Å². The maximum Gasteiger partial charge on any atom is 0.244 e. The molecular formula is C21H26N4O. The van der Waals surface area contributed by atoms with Crippen LogP contribution < -0.4 is 4.90 Å². The average molecular weight is 350 g/mol. The summed E-state index contributed by atoms with van der Waals surface area (Å²) in [6, 6.07) is 10.4. The van der Waals surface area contributed by atoms with Crippen LogP contribution in [-0.4, -0.2) is 60.5 Å². The molecule has 1 amide bonds. The standard InChI is InChI=1S/C21H26N4O/c22-11-15-4-6-17(7-5-15)25-10-8-20(21(25)26)24-13-16-12-23-9-2-1-3-19(23)18(16)14-24/h4-7,16,18-20H,1-3,8-10,12-14H2/t16-,18-,19-,20-/m0/s1. The number of likely N-dealkylation sites (tertiary alicyclic amines) is 1. The van der Waals surface area contributed by atoms with Gasteiger partial charge in [0.25, 0.3) is 0 Å². The van der Waals surface area contributed by atoms with Gasteiger partial charge in [0.2, 0.25) is 5.91 Å². The molecule has 136 valence electrons. The molecule has 1 aromatic rings. The van der Waals surface area contributed by atoms with Crippen molar-refractivity contribution >= 4 is 11.6 Å². The van der Waals surface area contributed by atoms with Crippen molar-refractivity contribution in [1.82, 2.24) is 9.80 Å². The third-order valence-corrected chi connectivity index (χ3v) is 7.07. The first kappa shape index (κ1) is 16.3. The van der Waals surface area contributed by atoms with Crippen LogP contribution >= 0.6 is 0 Å². The first-order valence-corrected chi connectivity index (χ1v) is 10.0. The number of fused-ring (bicyclic) bond motifs is 3. The van der Waals surface area contributed by atoms with Crippen LogP contribution in [-0.2, 0) is 4.79 Å². The van der Waals surface area contributed by atoms with E-state index in [0.717, 1.165) is 49.6 Å². The molecule has 5 rings (SSSR count). The van der Waals surface area contributed by atoms with E-state index in [1.165, 1.54) is 32.4 Å². The van der Waals surface area contributed by atoms with Crippen molar-refractivity contribution in [3.63, 3.8) is 0 Å². The molecule has 0 unspecified atom stereocenters. The summed E-state index contributed by atoms with van der Waals surface area (Å²) in [5, 5.41) is 8.95. The summed E-state index contributed by atoms with van der Waals surface area (Å²) in [6.07, 6.45) is 5.01. The number of benzene rings is 1. The van der Waals surface area contributed by atoms with E-state index in [-0.39, 0.29) is 11.9 Å². The Bertz CT molecular complexity index is 739. The summed E-state index contributed by atoms with van der Waals surface area (Å²) in [4.78, 5) is 20.2. The predicted octanol–water partition coefficient (Wildman–Crippen LogP) is 2.08. The largest absolute Gasteiger partial charge is 0.311 e. The molecule has 0 saturated carbocycles. The highest BCUT2D eigenvalue weighted by Gasteiger charge is 2.50. The molecule has 0 radical (unpaired) electrons. The first-order chi connectivity index (χ1) is 12.7. The Balaban J connectivity index is 1.27. The fourth-order valence-electron chi connectivity index (χ4n) is 5.82. The number of anilines is 1. The van der Waals surface area contributed by atoms with Gasteiger partial charge in [-0.15, -0.1) is 0 Å². The molecule has 4 fully saturated rings. The predicted molar refractivity (Wildman–Crippen MR) is 99.7 cm³/mol. The van der Waals surface area contributed by atoms with Crippen LogP contribution in [0.1, 0.15) is 31.2 Å². The summed E-state index contributed by atoms with van der Waals surface area (Å²) in [7, 11) is 0. The zero-order valence-corrected chi connectivity index (χ0v) is 15.2. The first-order valence-electron chi connectivity index (χ1n) is 10.0. The normalized spacial score (nSPS) is 34.7. The average Bonchev–Trinajstić information content (AvgIpc) is 3.34. The van der Waals surface area contributed by atoms with Gasteiger partial charge in [0, 0.05) is 37.9 Å². The molecule has 0 aliphatic carbocycles. The minimum absolute atomic E-state index is 0.0493. The van der Waals surface area contributed by atoms with E-state index >= 15 is 0 Å².